The third-order valence-electron chi connectivity index (χ3n) is 3.13. The Hall–Kier alpha value is -2.62. The maximum absolute atomic E-state index is 13.5. The van der Waals surface area contributed by atoms with E-state index in [-0.39, 0.29) is 18.8 Å². The quantitative estimate of drug-likeness (QED) is 0.782. The number of hydrogen-bond acceptors (Lipinski definition) is 3. The fourth-order valence-corrected chi connectivity index (χ4v) is 2.13. The van der Waals surface area contributed by atoms with Crippen molar-refractivity contribution in [2.75, 3.05) is 13.7 Å². The Morgan fingerprint density at radius 3 is 2.95 bits per heavy atom. The summed E-state index contributed by atoms with van der Waals surface area (Å²) in [5, 5.41) is 0. The number of methoxy groups -OCH3 is 1. The lowest BCUT2D eigenvalue weighted by Gasteiger charge is -2.16. The van der Waals surface area contributed by atoms with Crippen LogP contribution in [-0.2, 0) is 0 Å². The number of fused-ring (bicyclic) bond motifs is 1. The highest BCUT2D eigenvalue weighted by Gasteiger charge is 2.21. The molecule has 0 N–H and O–H groups in total. The highest BCUT2D eigenvalue weighted by molar-refractivity contribution is 6.03. The Kier molecular flexibility index (Phi) is 5.31. The van der Waals surface area contributed by atoms with Gasteiger partial charge in [0.25, 0.3) is 0 Å². The van der Waals surface area contributed by atoms with Crippen LogP contribution in [0.25, 0.3) is 6.08 Å². The summed E-state index contributed by atoms with van der Waals surface area (Å²) in [6, 6.07) is 3.41. The fraction of sp³-hybridized carbons (Fsp3) is 0.167. The number of rotatable bonds is 3. The summed E-state index contributed by atoms with van der Waals surface area (Å²) in [4.78, 5) is 12.4. The molecule has 1 aliphatic rings. The van der Waals surface area contributed by atoms with Crippen LogP contribution in [0.4, 0.5) is 4.39 Å². The summed E-state index contributed by atoms with van der Waals surface area (Å²) >= 11 is 0. The maximum atomic E-state index is 13.5. The molecule has 1 heterocycles. The molecule has 0 spiro atoms. The first-order valence-electron chi connectivity index (χ1n) is 6.84. The molecule has 1 aliphatic heterocycles. The molecule has 0 radical (unpaired) electrons. The van der Waals surface area contributed by atoms with E-state index in [0.717, 1.165) is 5.56 Å². The van der Waals surface area contributed by atoms with Crippen molar-refractivity contribution in [2.24, 2.45) is 0 Å². The number of benzene rings is 1. The zero-order valence-corrected chi connectivity index (χ0v) is 12.3. The van der Waals surface area contributed by atoms with Crippen LogP contribution in [0.5, 0.6) is 11.5 Å². The second-order valence-corrected chi connectivity index (χ2v) is 4.61. The van der Waals surface area contributed by atoms with E-state index in [4.69, 9.17) is 9.47 Å². The SMILES string of the molecule is C=C/C=C\c1ccc2c(c1OC)C(=O)C/C=C\C=C(\F)CO2. The lowest BCUT2D eigenvalue weighted by Crippen LogP contribution is -2.09. The van der Waals surface area contributed by atoms with Crippen molar-refractivity contribution in [2.45, 2.75) is 6.42 Å². The van der Waals surface area contributed by atoms with Crippen molar-refractivity contribution in [3.8, 4) is 11.5 Å². The molecule has 3 nitrogen and oxygen atoms in total. The first kappa shape index (κ1) is 15.8. The van der Waals surface area contributed by atoms with Crippen LogP contribution in [0.1, 0.15) is 22.3 Å². The van der Waals surface area contributed by atoms with Crippen molar-refractivity contribution in [3.63, 3.8) is 0 Å². The van der Waals surface area contributed by atoms with E-state index < -0.39 is 5.83 Å². The number of carbonyl (C=O) groups is 1. The van der Waals surface area contributed by atoms with Crippen molar-refractivity contribution in [1.29, 1.82) is 0 Å². The highest BCUT2D eigenvalue weighted by atomic mass is 19.1. The molecule has 0 unspecified atom stereocenters. The molecule has 0 bridgehead atoms. The minimum Gasteiger partial charge on any atom is -0.495 e. The van der Waals surface area contributed by atoms with Crippen molar-refractivity contribution in [1.82, 2.24) is 0 Å². The molecule has 22 heavy (non-hydrogen) atoms. The third kappa shape index (κ3) is 3.52. The molecule has 2 rings (SSSR count). The molecule has 114 valence electrons. The first-order valence-corrected chi connectivity index (χ1v) is 6.84. The topological polar surface area (TPSA) is 35.5 Å². The number of ketones is 1. The van der Waals surface area contributed by atoms with E-state index in [9.17, 15) is 9.18 Å². The number of ether oxygens (including phenoxy) is 2. The molecule has 1 aromatic rings. The molecule has 0 saturated carbocycles. The molecule has 0 saturated heterocycles. The van der Waals surface area contributed by atoms with Gasteiger partial charge in [-0.15, -0.1) is 0 Å². The molecular formula is C18H17FO3. The van der Waals surface area contributed by atoms with E-state index in [2.05, 4.69) is 6.58 Å². The van der Waals surface area contributed by atoms with Gasteiger partial charge in [-0.25, -0.2) is 4.39 Å². The summed E-state index contributed by atoms with van der Waals surface area (Å²) < 4.78 is 24.3. The summed E-state index contributed by atoms with van der Waals surface area (Å²) in [7, 11) is 1.49. The van der Waals surface area contributed by atoms with E-state index in [1.807, 2.05) is 0 Å². The Balaban J connectivity index is 2.56. The average molecular weight is 300 g/mol. The summed E-state index contributed by atoms with van der Waals surface area (Å²) in [6.07, 6.45) is 9.72. The average Bonchev–Trinajstić information content (AvgIpc) is 2.53. The van der Waals surface area contributed by atoms with Gasteiger partial charge >= 0.3 is 0 Å². The van der Waals surface area contributed by atoms with Crippen molar-refractivity contribution < 1.29 is 18.7 Å². The second kappa shape index (κ2) is 7.41. The van der Waals surface area contributed by atoms with Gasteiger partial charge < -0.3 is 9.47 Å². The summed E-state index contributed by atoms with van der Waals surface area (Å²) in [5.41, 5.74) is 1.06. The largest absolute Gasteiger partial charge is 0.495 e. The number of carbonyl (C=O) groups excluding carboxylic acids is 1. The predicted molar refractivity (Wildman–Crippen MR) is 85.0 cm³/mol. The molecule has 0 atom stereocenters. The van der Waals surface area contributed by atoms with Gasteiger partial charge in [0, 0.05) is 12.0 Å². The Morgan fingerprint density at radius 2 is 2.23 bits per heavy atom. The second-order valence-electron chi connectivity index (χ2n) is 4.61. The maximum Gasteiger partial charge on any atom is 0.174 e. The van der Waals surface area contributed by atoms with E-state index in [1.165, 1.54) is 19.3 Å². The Bertz CT molecular complexity index is 669. The van der Waals surface area contributed by atoms with Gasteiger partial charge in [0.1, 0.15) is 29.5 Å². The van der Waals surface area contributed by atoms with E-state index in [1.54, 1.807) is 36.4 Å². The summed E-state index contributed by atoms with van der Waals surface area (Å²) in [5.74, 6) is 0.175. The minimum atomic E-state index is -0.411. The number of hydrogen-bond donors (Lipinski definition) is 0. The predicted octanol–water partition coefficient (Wildman–Crippen LogP) is 4.27. The monoisotopic (exact) mass is 300 g/mol. The van der Waals surface area contributed by atoms with Crippen LogP contribution in [0.15, 0.2) is 54.9 Å². The van der Waals surface area contributed by atoms with Gasteiger partial charge in [-0.2, -0.15) is 0 Å². The van der Waals surface area contributed by atoms with Crippen molar-refractivity contribution in [3.05, 3.63) is 66.0 Å². The van der Waals surface area contributed by atoms with Crippen LogP contribution >= 0.6 is 0 Å². The fourth-order valence-electron chi connectivity index (χ4n) is 2.13. The van der Waals surface area contributed by atoms with Gasteiger partial charge in [0.05, 0.1) is 7.11 Å². The van der Waals surface area contributed by atoms with Gasteiger partial charge in [-0.05, 0) is 18.2 Å². The highest BCUT2D eigenvalue weighted by Crippen LogP contribution is 2.35. The van der Waals surface area contributed by atoms with Gasteiger partial charge in [0.15, 0.2) is 5.78 Å². The van der Waals surface area contributed by atoms with Gasteiger partial charge in [-0.3, -0.25) is 4.79 Å². The van der Waals surface area contributed by atoms with Crippen LogP contribution in [0.2, 0.25) is 0 Å². The Morgan fingerprint density at radius 1 is 1.41 bits per heavy atom. The molecule has 4 heteroatoms. The van der Waals surface area contributed by atoms with E-state index in [0.29, 0.717) is 17.1 Å². The van der Waals surface area contributed by atoms with Crippen LogP contribution in [0, 0.1) is 0 Å². The molecule has 0 amide bonds. The van der Waals surface area contributed by atoms with Crippen LogP contribution < -0.4 is 9.47 Å². The number of allylic oxidation sites excluding steroid dienone is 5. The van der Waals surface area contributed by atoms with Crippen molar-refractivity contribution >= 4 is 11.9 Å². The van der Waals surface area contributed by atoms with Gasteiger partial charge in [-0.1, -0.05) is 37.0 Å². The van der Waals surface area contributed by atoms with Crippen LogP contribution in [0.3, 0.4) is 0 Å². The zero-order valence-electron chi connectivity index (χ0n) is 12.3. The molecule has 0 aromatic heterocycles. The zero-order chi connectivity index (χ0) is 15.9. The van der Waals surface area contributed by atoms with E-state index >= 15 is 0 Å². The lowest BCUT2D eigenvalue weighted by molar-refractivity contribution is 0.0988. The lowest BCUT2D eigenvalue weighted by atomic mass is 10.0. The molecule has 1 aromatic carbocycles. The van der Waals surface area contributed by atoms with Crippen LogP contribution in [-0.4, -0.2) is 19.5 Å². The normalized spacial score (nSPS) is 18.8. The van der Waals surface area contributed by atoms with Gasteiger partial charge in [0.2, 0.25) is 0 Å². The Labute approximate surface area is 129 Å². The molecule has 0 fully saturated rings. The minimum absolute atomic E-state index is 0.144. The number of Topliss-reactive ketones (excluding diaryl/α,β-unsaturated/α-hetero) is 1. The standard InChI is InChI=1S/C18H17FO3/c1-3-4-7-13-10-11-16-17(18(13)21-2)15(20)9-6-5-8-14(19)12-22-16/h3-8,10-11H,1,9,12H2,2H3/b6-5-,7-4-,14-8+. The molecule has 0 aliphatic carbocycles. The molecular weight excluding hydrogens is 283 g/mol. The first-order chi connectivity index (χ1) is 10.7. The summed E-state index contributed by atoms with van der Waals surface area (Å²) in [6.45, 7) is 3.39. The third-order valence-corrected chi connectivity index (χ3v) is 3.13. The smallest absolute Gasteiger partial charge is 0.174 e. The number of halogens is 1.